The molecule has 3 rings (SSSR count). The standard InChI is InChI=1S/C16H17N3OS/c17-12-13-3-1-4-14(11-13)20-9-8-19-7-6-18-16(19)15-5-2-10-21-15/h1-7,10-11H,8-9,12,17H2. The molecule has 2 N–H and O–H groups in total. The van der Waals surface area contributed by atoms with Crippen molar-refractivity contribution >= 4 is 11.3 Å². The molecule has 0 fully saturated rings. The van der Waals surface area contributed by atoms with Crippen LogP contribution in [0.5, 0.6) is 5.75 Å². The van der Waals surface area contributed by atoms with Crippen LogP contribution in [0.25, 0.3) is 10.7 Å². The van der Waals surface area contributed by atoms with Gasteiger partial charge in [-0.25, -0.2) is 4.98 Å². The molecule has 0 unspecified atom stereocenters. The van der Waals surface area contributed by atoms with E-state index in [2.05, 4.69) is 21.0 Å². The Bertz CT molecular complexity index is 691. The van der Waals surface area contributed by atoms with Crippen molar-refractivity contribution in [3.05, 3.63) is 59.7 Å². The van der Waals surface area contributed by atoms with E-state index < -0.39 is 0 Å². The molecule has 5 heteroatoms. The number of thiophene rings is 1. The van der Waals surface area contributed by atoms with Crippen LogP contribution in [0.1, 0.15) is 5.56 Å². The Morgan fingerprint density at radius 1 is 1.24 bits per heavy atom. The van der Waals surface area contributed by atoms with Crippen LogP contribution in [0.2, 0.25) is 0 Å². The van der Waals surface area contributed by atoms with E-state index in [1.807, 2.05) is 42.7 Å². The molecule has 0 radical (unpaired) electrons. The highest BCUT2D eigenvalue weighted by molar-refractivity contribution is 7.13. The third kappa shape index (κ3) is 3.32. The summed E-state index contributed by atoms with van der Waals surface area (Å²) < 4.78 is 7.90. The minimum absolute atomic E-state index is 0.529. The second-order valence-electron chi connectivity index (χ2n) is 4.62. The number of hydrogen-bond donors (Lipinski definition) is 1. The highest BCUT2D eigenvalue weighted by Crippen LogP contribution is 2.22. The fourth-order valence-electron chi connectivity index (χ4n) is 2.14. The Morgan fingerprint density at radius 2 is 2.19 bits per heavy atom. The third-order valence-electron chi connectivity index (χ3n) is 3.19. The molecule has 21 heavy (non-hydrogen) atoms. The number of rotatable bonds is 6. The molecular formula is C16H17N3OS. The summed E-state index contributed by atoms with van der Waals surface area (Å²) >= 11 is 1.69. The molecule has 0 bridgehead atoms. The van der Waals surface area contributed by atoms with Crippen LogP contribution >= 0.6 is 11.3 Å². The van der Waals surface area contributed by atoms with E-state index in [0.29, 0.717) is 13.2 Å². The number of ether oxygens (including phenoxy) is 1. The fraction of sp³-hybridized carbons (Fsp3) is 0.188. The smallest absolute Gasteiger partial charge is 0.150 e. The van der Waals surface area contributed by atoms with Gasteiger partial charge < -0.3 is 15.0 Å². The Labute approximate surface area is 127 Å². The zero-order valence-electron chi connectivity index (χ0n) is 11.6. The molecular weight excluding hydrogens is 282 g/mol. The number of benzene rings is 1. The Hall–Kier alpha value is -2.11. The van der Waals surface area contributed by atoms with Crippen molar-refractivity contribution in [2.24, 2.45) is 5.73 Å². The Morgan fingerprint density at radius 3 is 3.00 bits per heavy atom. The quantitative estimate of drug-likeness (QED) is 0.760. The summed E-state index contributed by atoms with van der Waals surface area (Å²) in [7, 11) is 0. The molecule has 4 nitrogen and oxygen atoms in total. The molecule has 0 atom stereocenters. The number of aromatic nitrogens is 2. The van der Waals surface area contributed by atoms with Crippen LogP contribution in [0.4, 0.5) is 0 Å². The van der Waals surface area contributed by atoms with Gasteiger partial charge in [0.15, 0.2) is 0 Å². The Kier molecular flexibility index (Phi) is 4.33. The fourth-order valence-corrected chi connectivity index (χ4v) is 2.88. The summed E-state index contributed by atoms with van der Waals surface area (Å²) in [6, 6.07) is 12.0. The van der Waals surface area contributed by atoms with Gasteiger partial charge in [-0.2, -0.15) is 0 Å². The lowest BCUT2D eigenvalue weighted by molar-refractivity contribution is 0.299. The lowest BCUT2D eigenvalue weighted by Crippen LogP contribution is -2.08. The maximum atomic E-state index is 5.79. The van der Waals surface area contributed by atoms with Gasteiger partial charge in [0, 0.05) is 18.9 Å². The maximum absolute atomic E-state index is 5.79. The van der Waals surface area contributed by atoms with Crippen LogP contribution < -0.4 is 10.5 Å². The lowest BCUT2D eigenvalue weighted by atomic mass is 10.2. The highest BCUT2D eigenvalue weighted by Gasteiger charge is 2.06. The van der Waals surface area contributed by atoms with Gasteiger partial charge in [-0.3, -0.25) is 0 Å². The van der Waals surface area contributed by atoms with Crippen LogP contribution in [0, 0.1) is 0 Å². The lowest BCUT2D eigenvalue weighted by Gasteiger charge is -2.09. The summed E-state index contributed by atoms with van der Waals surface area (Å²) in [5.74, 6) is 1.85. The van der Waals surface area contributed by atoms with Crippen LogP contribution in [-0.4, -0.2) is 16.2 Å². The van der Waals surface area contributed by atoms with Gasteiger partial charge in [0.05, 0.1) is 11.4 Å². The monoisotopic (exact) mass is 299 g/mol. The predicted molar refractivity (Wildman–Crippen MR) is 85.4 cm³/mol. The first-order valence-corrected chi connectivity index (χ1v) is 7.71. The second-order valence-corrected chi connectivity index (χ2v) is 5.57. The second kappa shape index (κ2) is 6.56. The third-order valence-corrected chi connectivity index (χ3v) is 4.06. The van der Waals surface area contributed by atoms with Gasteiger partial charge in [-0.1, -0.05) is 18.2 Å². The SMILES string of the molecule is NCc1cccc(OCCn2ccnc2-c2cccs2)c1. The summed E-state index contributed by atoms with van der Waals surface area (Å²) in [6.45, 7) is 1.89. The van der Waals surface area contributed by atoms with Gasteiger partial charge >= 0.3 is 0 Å². The van der Waals surface area contributed by atoms with E-state index in [1.54, 1.807) is 11.3 Å². The molecule has 2 aromatic heterocycles. The van der Waals surface area contributed by atoms with E-state index >= 15 is 0 Å². The summed E-state index contributed by atoms with van der Waals surface area (Å²) in [4.78, 5) is 5.58. The van der Waals surface area contributed by atoms with Crippen molar-refractivity contribution < 1.29 is 4.74 Å². The van der Waals surface area contributed by atoms with E-state index in [0.717, 1.165) is 23.7 Å². The molecule has 0 saturated heterocycles. The topological polar surface area (TPSA) is 53.1 Å². The van der Waals surface area contributed by atoms with E-state index in [9.17, 15) is 0 Å². The molecule has 0 aliphatic carbocycles. The zero-order chi connectivity index (χ0) is 14.5. The van der Waals surface area contributed by atoms with Crippen LogP contribution in [0.15, 0.2) is 54.2 Å². The summed E-state index contributed by atoms with van der Waals surface area (Å²) in [5.41, 5.74) is 6.71. The minimum atomic E-state index is 0.529. The van der Waals surface area contributed by atoms with E-state index in [-0.39, 0.29) is 0 Å². The van der Waals surface area contributed by atoms with Gasteiger partial charge in [-0.15, -0.1) is 11.3 Å². The molecule has 0 saturated carbocycles. The Balaban J connectivity index is 1.62. The normalized spacial score (nSPS) is 10.7. The van der Waals surface area contributed by atoms with Crippen LogP contribution in [0.3, 0.4) is 0 Å². The van der Waals surface area contributed by atoms with Gasteiger partial charge in [0.2, 0.25) is 0 Å². The van der Waals surface area contributed by atoms with E-state index in [1.165, 1.54) is 4.88 Å². The minimum Gasteiger partial charge on any atom is -0.492 e. The average Bonchev–Trinajstić information content (AvgIpc) is 3.18. The first-order valence-electron chi connectivity index (χ1n) is 6.83. The number of imidazole rings is 1. The molecule has 0 aliphatic heterocycles. The summed E-state index contributed by atoms with van der Waals surface area (Å²) in [5, 5.41) is 2.06. The molecule has 3 aromatic rings. The van der Waals surface area contributed by atoms with Gasteiger partial charge in [-0.05, 0) is 29.1 Å². The zero-order valence-corrected chi connectivity index (χ0v) is 12.4. The van der Waals surface area contributed by atoms with Crippen molar-refractivity contribution in [2.75, 3.05) is 6.61 Å². The van der Waals surface area contributed by atoms with E-state index in [4.69, 9.17) is 10.5 Å². The predicted octanol–water partition coefficient (Wildman–Crippen LogP) is 3.15. The van der Waals surface area contributed by atoms with Crippen molar-refractivity contribution in [1.29, 1.82) is 0 Å². The van der Waals surface area contributed by atoms with Crippen molar-refractivity contribution in [1.82, 2.24) is 9.55 Å². The van der Waals surface area contributed by atoms with Crippen molar-refractivity contribution in [3.8, 4) is 16.5 Å². The van der Waals surface area contributed by atoms with Gasteiger partial charge in [0.1, 0.15) is 18.2 Å². The first kappa shape index (κ1) is 13.9. The number of hydrogen-bond acceptors (Lipinski definition) is 4. The molecule has 1 aromatic carbocycles. The largest absolute Gasteiger partial charge is 0.492 e. The molecule has 2 heterocycles. The van der Waals surface area contributed by atoms with Crippen molar-refractivity contribution in [3.63, 3.8) is 0 Å². The first-order chi connectivity index (χ1) is 10.4. The summed E-state index contributed by atoms with van der Waals surface area (Å²) in [6.07, 6.45) is 3.80. The maximum Gasteiger partial charge on any atom is 0.150 e. The number of nitrogens with two attached hydrogens (primary N) is 1. The van der Waals surface area contributed by atoms with Crippen LogP contribution in [-0.2, 0) is 13.1 Å². The van der Waals surface area contributed by atoms with Crippen molar-refractivity contribution in [2.45, 2.75) is 13.1 Å². The van der Waals surface area contributed by atoms with Gasteiger partial charge in [0.25, 0.3) is 0 Å². The highest BCUT2D eigenvalue weighted by atomic mass is 32.1. The molecule has 0 aliphatic rings. The number of nitrogens with zero attached hydrogens (tertiary/aromatic N) is 2. The molecule has 0 spiro atoms. The average molecular weight is 299 g/mol. The molecule has 108 valence electrons. The molecule has 0 amide bonds.